The molecule has 0 aromatic heterocycles. The van der Waals surface area contributed by atoms with E-state index in [0.29, 0.717) is 17.9 Å². The summed E-state index contributed by atoms with van der Waals surface area (Å²) in [6.07, 6.45) is 2.38. The molecule has 2 aromatic carbocycles. The number of ether oxygens (including phenoxy) is 2. The summed E-state index contributed by atoms with van der Waals surface area (Å²) < 4.78 is 10.5. The molecule has 5 heteroatoms. The molecule has 1 heterocycles. The van der Waals surface area contributed by atoms with Gasteiger partial charge in [0.1, 0.15) is 11.5 Å². The highest BCUT2D eigenvalue weighted by atomic mass is 16.5. The molecule has 150 valence electrons. The predicted octanol–water partition coefficient (Wildman–Crippen LogP) is 3.91. The van der Waals surface area contributed by atoms with Crippen LogP contribution in [0.4, 0.5) is 0 Å². The number of piperidine rings is 1. The Bertz CT molecular complexity index is 768. The third-order valence-corrected chi connectivity index (χ3v) is 5.55. The van der Waals surface area contributed by atoms with Crippen LogP contribution < -0.4 is 14.8 Å². The minimum Gasteiger partial charge on any atom is -0.497 e. The quantitative estimate of drug-likeness (QED) is 0.789. The maximum atomic E-state index is 12.7. The fraction of sp³-hybridized carbons (Fsp3) is 0.435. The standard InChI is InChI=1S/C23H30N2O3/c1-17-11-13-25(14-12-17)22(18-7-9-20(27-2)10-8-18)16-24-23(26)19-5-4-6-21(15-19)28-3/h4-10,15,17,22H,11-14,16H2,1-3H3,(H,24,26). The first kappa shape index (κ1) is 20.2. The number of methoxy groups -OCH3 is 2. The number of rotatable bonds is 7. The SMILES string of the molecule is COc1ccc(C(CNC(=O)c2cccc(OC)c2)N2CCC(C)CC2)cc1. The number of nitrogens with one attached hydrogen (secondary N) is 1. The Kier molecular flexibility index (Phi) is 6.93. The molecule has 0 saturated carbocycles. The molecule has 0 aliphatic carbocycles. The number of benzene rings is 2. The Morgan fingerprint density at radius 1 is 1.07 bits per heavy atom. The van der Waals surface area contributed by atoms with Crippen LogP contribution in [0.25, 0.3) is 0 Å². The summed E-state index contributed by atoms with van der Waals surface area (Å²) in [7, 11) is 3.28. The van der Waals surface area contributed by atoms with Crippen LogP contribution in [-0.4, -0.2) is 44.7 Å². The van der Waals surface area contributed by atoms with Crippen LogP contribution in [0.1, 0.15) is 41.7 Å². The molecule has 1 saturated heterocycles. The van der Waals surface area contributed by atoms with Gasteiger partial charge in [0, 0.05) is 12.1 Å². The van der Waals surface area contributed by atoms with Gasteiger partial charge in [-0.2, -0.15) is 0 Å². The predicted molar refractivity (Wildman–Crippen MR) is 111 cm³/mol. The minimum atomic E-state index is -0.0808. The lowest BCUT2D eigenvalue weighted by molar-refractivity contribution is 0.0912. The molecule has 5 nitrogen and oxygen atoms in total. The van der Waals surface area contributed by atoms with Crippen LogP contribution in [0.3, 0.4) is 0 Å². The van der Waals surface area contributed by atoms with E-state index in [2.05, 4.69) is 29.3 Å². The molecule has 0 radical (unpaired) electrons. The number of hydrogen-bond acceptors (Lipinski definition) is 4. The maximum absolute atomic E-state index is 12.7. The molecule has 1 N–H and O–H groups in total. The molecule has 0 spiro atoms. The van der Waals surface area contributed by atoms with E-state index in [0.717, 1.165) is 24.8 Å². The molecule has 1 unspecified atom stereocenters. The van der Waals surface area contributed by atoms with Gasteiger partial charge >= 0.3 is 0 Å². The topological polar surface area (TPSA) is 50.8 Å². The van der Waals surface area contributed by atoms with Crippen molar-refractivity contribution in [1.29, 1.82) is 0 Å². The van der Waals surface area contributed by atoms with Gasteiger partial charge in [-0.05, 0) is 67.7 Å². The van der Waals surface area contributed by atoms with E-state index < -0.39 is 0 Å². The molecular formula is C23H30N2O3. The number of carbonyl (C=O) groups is 1. The first-order valence-corrected chi connectivity index (χ1v) is 9.91. The number of carbonyl (C=O) groups excluding carboxylic acids is 1. The van der Waals surface area contributed by atoms with Crippen molar-refractivity contribution in [1.82, 2.24) is 10.2 Å². The zero-order valence-electron chi connectivity index (χ0n) is 17.0. The lowest BCUT2D eigenvalue weighted by Gasteiger charge is -2.37. The van der Waals surface area contributed by atoms with E-state index in [1.54, 1.807) is 20.3 Å². The molecule has 1 amide bonds. The summed E-state index contributed by atoms with van der Waals surface area (Å²) in [5, 5.41) is 3.12. The molecular weight excluding hydrogens is 352 g/mol. The Morgan fingerprint density at radius 3 is 2.39 bits per heavy atom. The van der Waals surface area contributed by atoms with E-state index in [1.165, 1.54) is 18.4 Å². The minimum absolute atomic E-state index is 0.0808. The average molecular weight is 383 g/mol. The van der Waals surface area contributed by atoms with Crippen LogP contribution in [-0.2, 0) is 0 Å². The molecule has 1 aliphatic heterocycles. The third kappa shape index (κ3) is 5.04. The molecule has 3 rings (SSSR count). The fourth-order valence-electron chi connectivity index (χ4n) is 3.68. The zero-order chi connectivity index (χ0) is 19.9. The van der Waals surface area contributed by atoms with Gasteiger partial charge in [0.15, 0.2) is 0 Å². The lowest BCUT2D eigenvalue weighted by Crippen LogP contribution is -2.42. The normalized spacial score (nSPS) is 16.4. The summed E-state index contributed by atoms with van der Waals surface area (Å²) in [6, 6.07) is 15.6. The van der Waals surface area contributed by atoms with Crippen LogP contribution in [0.15, 0.2) is 48.5 Å². The maximum Gasteiger partial charge on any atom is 0.251 e. The molecule has 1 fully saturated rings. The van der Waals surface area contributed by atoms with Crippen LogP contribution in [0.5, 0.6) is 11.5 Å². The van der Waals surface area contributed by atoms with E-state index in [-0.39, 0.29) is 11.9 Å². The van der Waals surface area contributed by atoms with Crippen LogP contribution in [0, 0.1) is 5.92 Å². The Hall–Kier alpha value is -2.53. The molecule has 1 aliphatic rings. The number of nitrogens with zero attached hydrogens (tertiary/aromatic N) is 1. The first-order chi connectivity index (χ1) is 13.6. The molecule has 0 bridgehead atoms. The van der Waals surface area contributed by atoms with Crippen LogP contribution in [0.2, 0.25) is 0 Å². The smallest absolute Gasteiger partial charge is 0.251 e. The van der Waals surface area contributed by atoms with Gasteiger partial charge in [0.2, 0.25) is 0 Å². The summed E-state index contributed by atoms with van der Waals surface area (Å²) in [4.78, 5) is 15.2. The van der Waals surface area contributed by atoms with Crippen molar-refractivity contribution in [2.75, 3.05) is 33.9 Å². The Labute approximate surface area is 167 Å². The van der Waals surface area contributed by atoms with E-state index in [9.17, 15) is 4.79 Å². The van der Waals surface area contributed by atoms with Gasteiger partial charge in [0.25, 0.3) is 5.91 Å². The van der Waals surface area contributed by atoms with Gasteiger partial charge in [-0.15, -0.1) is 0 Å². The van der Waals surface area contributed by atoms with Crippen molar-refractivity contribution >= 4 is 5.91 Å². The second-order valence-corrected chi connectivity index (χ2v) is 7.45. The van der Waals surface area contributed by atoms with E-state index in [4.69, 9.17) is 9.47 Å². The lowest BCUT2D eigenvalue weighted by atomic mass is 9.95. The number of amides is 1. The van der Waals surface area contributed by atoms with Crippen molar-refractivity contribution in [3.05, 3.63) is 59.7 Å². The highest BCUT2D eigenvalue weighted by Gasteiger charge is 2.25. The average Bonchev–Trinajstić information content (AvgIpc) is 2.75. The third-order valence-electron chi connectivity index (χ3n) is 5.55. The van der Waals surface area contributed by atoms with Crippen molar-refractivity contribution in [2.24, 2.45) is 5.92 Å². The van der Waals surface area contributed by atoms with Gasteiger partial charge in [-0.25, -0.2) is 0 Å². The Morgan fingerprint density at radius 2 is 1.75 bits per heavy atom. The van der Waals surface area contributed by atoms with Crippen molar-refractivity contribution in [2.45, 2.75) is 25.8 Å². The summed E-state index contributed by atoms with van der Waals surface area (Å²) in [6.45, 7) is 4.97. The molecule has 28 heavy (non-hydrogen) atoms. The summed E-state index contributed by atoms with van der Waals surface area (Å²) >= 11 is 0. The van der Waals surface area contributed by atoms with Crippen molar-refractivity contribution < 1.29 is 14.3 Å². The number of likely N-dealkylation sites (tertiary alicyclic amines) is 1. The van der Waals surface area contributed by atoms with Gasteiger partial charge in [-0.3, -0.25) is 9.69 Å². The van der Waals surface area contributed by atoms with Crippen molar-refractivity contribution in [3.8, 4) is 11.5 Å². The second-order valence-electron chi connectivity index (χ2n) is 7.45. The second kappa shape index (κ2) is 9.60. The molecule has 2 aromatic rings. The summed E-state index contributed by atoms with van der Waals surface area (Å²) in [5.41, 5.74) is 1.81. The largest absolute Gasteiger partial charge is 0.497 e. The number of hydrogen-bond donors (Lipinski definition) is 1. The Balaban J connectivity index is 1.73. The summed E-state index contributed by atoms with van der Waals surface area (Å²) in [5.74, 6) is 2.21. The van der Waals surface area contributed by atoms with Crippen molar-refractivity contribution in [3.63, 3.8) is 0 Å². The van der Waals surface area contributed by atoms with Gasteiger partial charge < -0.3 is 14.8 Å². The fourth-order valence-corrected chi connectivity index (χ4v) is 3.68. The highest BCUT2D eigenvalue weighted by Crippen LogP contribution is 2.27. The first-order valence-electron chi connectivity index (χ1n) is 9.91. The van der Waals surface area contributed by atoms with E-state index in [1.807, 2.05) is 30.3 Å². The van der Waals surface area contributed by atoms with E-state index >= 15 is 0 Å². The molecule has 1 atom stereocenters. The highest BCUT2D eigenvalue weighted by molar-refractivity contribution is 5.94. The zero-order valence-corrected chi connectivity index (χ0v) is 17.0. The van der Waals surface area contributed by atoms with Gasteiger partial charge in [0.05, 0.1) is 20.3 Å². The monoisotopic (exact) mass is 382 g/mol. The van der Waals surface area contributed by atoms with Gasteiger partial charge in [-0.1, -0.05) is 25.1 Å². The van der Waals surface area contributed by atoms with Crippen LogP contribution >= 0.6 is 0 Å².